The smallest absolute Gasteiger partial charge is 0.142 e. The Balaban J connectivity index is 2.35. The fourth-order valence-corrected chi connectivity index (χ4v) is 2.75. The Morgan fingerprint density at radius 2 is 2.55 bits per heavy atom. The van der Waals surface area contributed by atoms with Crippen molar-refractivity contribution in [2.24, 2.45) is 4.99 Å². The molecule has 62 valence electrons. The van der Waals surface area contributed by atoms with Gasteiger partial charge in [-0.15, -0.1) is 0 Å². The van der Waals surface area contributed by atoms with Crippen LogP contribution in [0.4, 0.5) is 0 Å². The van der Waals surface area contributed by atoms with Crippen molar-refractivity contribution >= 4 is 33.7 Å². The first kappa shape index (κ1) is 9.13. The molecule has 1 atom stereocenters. The predicted molar refractivity (Wildman–Crippen MR) is 52.5 cm³/mol. The number of ketones is 1. The number of hydrogen-bond acceptors (Lipinski definition) is 4. The number of thioether (sulfide) groups is 2. The first-order chi connectivity index (χ1) is 5.20. The van der Waals surface area contributed by atoms with Gasteiger partial charge in [-0.25, -0.2) is 0 Å². The van der Waals surface area contributed by atoms with Crippen LogP contribution in [-0.4, -0.2) is 27.7 Å². The molecule has 0 N–H and O–H groups in total. The van der Waals surface area contributed by atoms with E-state index in [1.165, 1.54) is 0 Å². The summed E-state index contributed by atoms with van der Waals surface area (Å²) in [5, 5.41) is 0.0688. The van der Waals surface area contributed by atoms with Crippen LogP contribution in [-0.2, 0) is 4.79 Å². The lowest BCUT2D eigenvalue weighted by Gasteiger charge is -2.04. The van der Waals surface area contributed by atoms with E-state index >= 15 is 0 Å². The molecule has 0 saturated heterocycles. The zero-order valence-corrected chi connectivity index (χ0v) is 8.30. The SMILES string of the molecule is CC(=O)C(C)SC1=NCCS1. The minimum atomic E-state index is 0.0688. The van der Waals surface area contributed by atoms with Crippen molar-refractivity contribution in [3.8, 4) is 0 Å². The second-order valence-corrected chi connectivity index (χ2v) is 5.04. The lowest BCUT2D eigenvalue weighted by Crippen LogP contribution is -2.09. The fraction of sp³-hybridized carbons (Fsp3) is 0.714. The fourth-order valence-electron chi connectivity index (χ4n) is 0.621. The van der Waals surface area contributed by atoms with E-state index in [0.717, 1.165) is 16.7 Å². The number of carbonyl (C=O) groups excluding carboxylic acids is 1. The lowest BCUT2D eigenvalue weighted by atomic mass is 10.3. The lowest BCUT2D eigenvalue weighted by molar-refractivity contribution is -0.116. The molecule has 0 fully saturated rings. The molecule has 0 aromatic rings. The van der Waals surface area contributed by atoms with E-state index in [2.05, 4.69) is 4.99 Å². The van der Waals surface area contributed by atoms with Gasteiger partial charge in [0.1, 0.15) is 10.2 Å². The zero-order valence-electron chi connectivity index (χ0n) is 6.66. The van der Waals surface area contributed by atoms with E-state index in [-0.39, 0.29) is 11.0 Å². The normalized spacial score (nSPS) is 19.6. The molecule has 0 radical (unpaired) electrons. The maximum atomic E-state index is 10.8. The van der Waals surface area contributed by atoms with Crippen LogP contribution in [0.15, 0.2) is 4.99 Å². The predicted octanol–water partition coefficient (Wildman–Crippen LogP) is 1.80. The van der Waals surface area contributed by atoms with Gasteiger partial charge in [0, 0.05) is 5.75 Å². The minimum Gasteiger partial charge on any atom is -0.299 e. The van der Waals surface area contributed by atoms with E-state index < -0.39 is 0 Å². The highest BCUT2D eigenvalue weighted by Gasteiger charge is 2.14. The molecule has 0 aliphatic carbocycles. The third kappa shape index (κ3) is 2.87. The molecule has 1 unspecified atom stereocenters. The average molecular weight is 189 g/mol. The molecule has 0 aromatic heterocycles. The van der Waals surface area contributed by atoms with Gasteiger partial charge >= 0.3 is 0 Å². The van der Waals surface area contributed by atoms with Crippen molar-refractivity contribution < 1.29 is 4.79 Å². The Morgan fingerprint density at radius 3 is 3.00 bits per heavy atom. The zero-order chi connectivity index (χ0) is 8.27. The summed E-state index contributed by atoms with van der Waals surface area (Å²) in [6, 6.07) is 0. The summed E-state index contributed by atoms with van der Waals surface area (Å²) >= 11 is 3.33. The van der Waals surface area contributed by atoms with Gasteiger partial charge in [0.25, 0.3) is 0 Å². The van der Waals surface area contributed by atoms with Crippen LogP contribution in [0.2, 0.25) is 0 Å². The summed E-state index contributed by atoms with van der Waals surface area (Å²) in [7, 11) is 0. The van der Waals surface area contributed by atoms with Gasteiger partial charge in [-0.05, 0) is 13.8 Å². The third-order valence-electron chi connectivity index (χ3n) is 1.41. The van der Waals surface area contributed by atoms with E-state index in [9.17, 15) is 4.79 Å². The highest BCUT2D eigenvalue weighted by Crippen LogP contribution is 2.25. The molecule has 1 rings (SSSR count). The van der Waals surface area contributed by atoms with Gasteiger partial charge in [0.2, 0.25) is 0 Å². The van der Waals surface area contributed by atoms with Crippen LogP contribution in [0.3, 0.4) is 0 Å². The van der Waals surface area contributed by atoms with Gasteiger partial charge in [0.05, 0.1) is 11.8 Å². The van der Waals surface area contributed by atoms with Gasteiger partial charge in [-0.3, -0.25) is 9.79 Å². The summed E-state index contributed by atoms with van der Waals surface area (Å²) in [5.41, 5.74) is 0. The second kappa shape index (κ2) is 4.16. The van der Waals surface area contributed by atoms with Gasteiger partial charge in [-0.1, -0.05) is 23.5 Å². The number of aliphatic imine (C=N–C) groups is 1. The summed E-state index contributed by atoms with van der Waals surface area (Å²) in [4.78, 5) is 15.1. The van der Waals surface area contributed by atoms with Crippen molar-refractivity contribution in [2.75, 3.05) is 12.3 Å². The number of Topliss-reactive ketones (excluding diaryl/α,β-unsaturated/α-hetero) is 1. The molecule has 0 amide bonds. The molecular formula is C7H11NOS2. The summed E-state index contributed by atoms with van der Waals surface area (Å²) < 4.78 is 1.08. The van der Waals surface area contributed by atoms with E-state index in [4.69, 9.17) is 0 Å². The molecule has 0 saturated carbocycles. The van der Waals surface area contributed by atoms with E-state index in [0.29, 0.717) is 0 Å². The van der Waals surface area contributed by atoms with Crippen molar-refractivity contribution in [3.63, 3.8) is 0 Å². The van der Waals surface area contributed by atoms with Crippen LogP contribution in [0.1, 0.15) is 13.8 Å². The van der Waals surface area contributed by atoms with Crippen molar-refractivity contribution in [3.05, 3.63) is 0 Å². The van der Waals surface area contributed by atoms with Gasteiger partial charge in [0.15, 0.2) is 0 Å². The van der Waals surface area contributed by atoms with Crippen LogP contribution >= 0.6 is 23.5 Å². The van der Waals surface area contributed by atoms with Crippen molar-refractivity contribution in [2.45, 2.75) is 19.1 Å². The molecule has 0 spiro atoms. The Kier molecular flexibility index (Phi) is 3.45. The van der Waals surface area contributed by atoms with Gasteiger partial charge in [-0.2, -0.15) is 0 Å². The highest BCUT2D eigenvalue weighted by molar-refractivity contribution is 8.39. The summed E-state index contributed by atoms with van der Waals surface area (Å²) in [6.45, 7) is 4.46. The Hall–Kier alpha value is 0.0400. The molecule has 2 nitrogen and oxygen atoms in total. The second-order valence-electron chi connectivity index (χ2n) is 2.37. The number of carbonyl (C=O) groups is 1. The maximum Gasteiger partial charge on any atom is 0.142 e. The van der Waals surface area contributed by atoms with Crippen LogP contribution < -0.4 is 0 Å². The first-order valence-corrected chi connectivity index (χ1v) is 5.41. The monoisotopic (exact) mass is 189 g/mol. The topological polar surface area (TPSA) is 29.4 Å². The Labute approximate surface area is 75.2 Å². The molecule has 1 aliphatic rings. The quantitative estimate of drug-likeness (QED) is 0.663. The van der Waals surface area contributed by atoms with Crippen LogP contribution in [0, 0.1) is 0 Å². The molecule has 1 aliphatic heterocycles. The molecule has 0 bridgehead atoms. The minimum absolute atomic E-state index is 0.0688. The molecule has 1 heterocycles. The van der Waals surface area contributed by atoms with Crippen LogP contribution in [0.25, 0.3) is 0 Å². The van der Waals surface area contributed by atoms with Crippen molar-refractivity contribution in [1.29, 1.82) is 0 Å². The standard InChI is InChI=1S/C7H11NOS2/c1-5(9)6(2)11-7-8-3-4-10-7/h6H,3-4H2,1-2H3. The van der Waals surface area contributed by atoms with Crippen molar-refractivity contribution in [1.82, 2.24) is 0 Å². The number of nitrogens with zero attached hydrogens (tertiary/aromatic N) is 1. The molecule has 0 aromatic carbocycles. The number of hydrogen-bond donors (Lipinski definition) is 0. The molecular weight excluding hydrogens is 178 g/mol. The Morgan fingerprint density at radius 1 is 1.82 bits per heavy atom. The average Bonchev–Trinajstić information content (AvgIpc) is 2.39. The molecule has 4 heteroatoms. The molecule has 11 heavy (non-hydrogen) atoms. The van der Waals surface area contributed by atoms with Crippen LogP contribution in [0.5, 0.6) is 0 Å². The van der Waals surface area contributed by atoms with Gasteiger partial charge < -0.3 is 0 Å². The largest absolute Gasteiger partial charge is 0.299 e. The summed E-state index contributed by atoms with van der Waals surface area (Å²) in [5.74, 6) is 1.30. The highest BCUT2D eigenvalue weighted by atomic mass is 32.2. The maximum absolute atomic E-state index is 10.8. The Bertz CT molecular complexity index is 191. The summed E-state index contributed by atoms with van der Waals surface area (Å²) in [6.07, 6.45) is 0. The van der Waals surface area contributed by atoms with E-state index in [1.54, 1.807) is 30.4 Å². The third-order valence-corrected chi connectivity index (χ3v) is 3.83. The number of rotatable bonds is 2. The van der Waals surface area contributed by atoms with E-state index in [1.807, 2.05) is 6.92 Å². The first-order valence-electron chi connectivity index (χ1n) is 3.54.